The summed E-state index contributed by atoms with van der Waals surface area (Å²) in [7, 11) is 0. The van der Waals surface area contributed by atoms with Crippen LogP contribution in [0.15, 0.2) is 11.6 Å². The van der Waals surface area contributed by atoms with E-state index in [4.69, 9.17) is 10.8 Å². The molecule has 0 amide bonds. The van der Waals surface area contributed by atoms with Crippen molar-refractivity contribution in [2.75, 3.05) is 0 Å². The van der Waals surface area contributed by atoms with Gasteiger partial charge < -0.3 is 10.8 Å². The van der Waals surface area contributed by atoms with Crippen LogP contribution in [0.25, 0.3) is 0 Å². The second kappa shape index (κ2) is 7.60. The Morgan fingerprint density at radius 3 is 2.38 bits per heavy atom. The lowest BCUT2D eigenvalue weighted by Gasteiger charge is -2.34. The van der Waals surface area contributed by atoms with E-state index < -0.39 is 0 Å². The van der Waals surface area contributed by atoms with Gasteiger partial charge in [-0.3, -0.25) is 0 Å². The van der Waals surface area contributed by atoms with E-state index in [9.17, 15) is 0 Å². The summed E-state index contributed by atoms with van der Waals surface area (Å²) < 4.78 is 0. The van der Waals surface area contributed by atoms with Crippen LogP contribution in [0.3, 0.4) is 0 Å². The van der Waals surface area contributed by atoms with E-state index in [1.807, 2.05) is 0 Å². The third kappa shape index (κ3) is 3.58. The molecule has 3 rings (SSSR count). The predicted octanol–water partition coefficient (Wildman–Crippen LogP) is 6.90. The van der Waals surface area contributed by atoms with Crippen LogP contribution in [-0.4, -0.2) is 11.4 Å². The maximum atomic E-state index is 9.05. The average molecular weight is 357 g/mol. The smallest absolute Gasteiger partial charge is 0.0554 e. The van der Waals surface area contributed by atoms with Crippen molar-refractivity contribution in [1.82, 2.24) is 0 Å². The summed E-state index contributed by atoms with van der Waals surface area (Å²) in [5, 5.41) is 17.8. The molecule has 2 N–H and O–H groups in total. The molecular formula is C24H40N2. The average Bonchev–Trinajstić information content (AvgIpc) is 3.49. The van der Waals surface area contributed by atoms with Gasteiger partial charge in [-0.15, -0.1) is 0 Å². The molecule has 2 nitrogen and oxygen atoms in total. The van der Waals surface area contributed by atoms with Gasteiger partial charge in [0.25, 0.3) is 0 Å². The van der Waals surface area contributed by atoms with Crippen molar-refractivity contribution in [3.8, 4) is 0 Å². The number of fused-ring (bicyclic) bond motifs is 1. The molecule has 26 heavy (non-hydrogen) atoms. The molecule has 2 heteroatoms. The highest BCUT2D eigenvalue weighted by molar-refractivity contribution is 6.03. The van der Waals surface area contributed by atoms with Gasteiger partial charge in [-0.2, -0.15) is 0 Å². The predicted molar refractivity (Wildman–Crippen MR) is 112 cm³/mol. The van der Waals surface area contributed by atoms with Crippen LogP contribution in [0, 0.1) is 51.7 Å². The highest BCUT2D eigenvalue weighted by atomic mass is 14.7. The van der Waals surface area contributed by atoms with Crippen molar-refractivity contribution in [3.63, 3.8) is 0 Å². The van der Waals surface area contributed by atoms with Gasteiger partial charge in [0.15, 0.2) is 0 Å². The Kier molecular flexibility index (Phi) is 5.80. The van der Waals surface area contributed by atoms with Crippen LogP contribution in [0.5, 0.6) is 0 Å². The molecule has 0 saturated heterocycles. The summed E-state index contributed by atoms with van der Waals surface area (Å²) in [6.07, 6.45) is 12.2. The minimum absolute atomic E-state index is 0.182. The first-order valence-electron chi connectivity index (χ1n) is 11.2. The van der Waals surface area contributed by atoms with Crippen LogP contribution < -0.4 is 0 Å². The minimum Gasteiger partial charge on any atom is -0.309 e. The highest BCUT2D eigenvalue weighted by Crippen LogP contribution is 2.58. The fraction of sp³-hybridized carbons (Fsp3) is 0.833. The van der Waals surface area contributed by atoms with E-state index in [1.54, 1.807) is 0 Å². The molecule has 0 spiro atoms. The maximum absolute atomic E-state index is 9.05. The van der Waals surface area contributed by atoms with Gasteiger partial charge in [-0.1, -0.05) is 59.1 Å². The molecule has 3 aliphatic rings. The molecule has 3 aliphatic carbocycles. The highest BCUT2D eigenvalue weighted by Gasteiger charge is 2.54. The summed E-state index contributed by atoms with van der Waals surface area (Å²) in [6.45, 7) is 11.2. The fourth-order valence-corrected chi connectivity index (χ4v) is 6.00. The van der Waals surface area contributed by atoms with Crippen molar-refractivity contribution in [3.05, 3.63) is 11.6 Å². The molecule has 0 aromatic rings. The van der Waals surface area contributed by atoms with Crippen LogP contribution in [0.4, 0.5) is 0 Å². The molecule has 0 aromatic heterocycles. The summed E-state index contributed by atoms with van der Waals surface area (Å²) >= 11 is 0. The zero-order valence-corrected chi connectivity index (χ0v) is 17.7. The molecule has 2 saturated carbocycles. The van der Waals surface area contributed by atoms with Crippen LogP contribution >= 0.6 is 0 Å². The first-order valence-corrected chi connectivity index (χ1v) is 11.2. The molecule has 6 atom stereocenters. The van der Waals surface area contributed by atoms with Crippen molar-refractivity contribution >= 4 is 11.4 Å². The number of rotatable bonds is 10. The summed E-state index contributed by atoms with van der Waals surface area (Å²) in [4.78, 5) is 0. The SMILES string of the molecule is CCCC(=N)C1(C(CC)C(=N)C(C)CC2CCC3CC3C2)C=C1C(C)C. The van der Waals surface area contributed by atoms with Gasteiger partial charge in [0.2, 0.25) is 0 Å². The second-order valence-electron chi connectivity index (χ2n) is 9.84. The van der Waals surface area contributed by atoms with Crippen LogP contribution in [0.1, 0.15) is 86.0 Å². The quantitative estimate of drug-likeness (QED) is 0.316. The Labute approximate surface area is 161 Å². The van der Waals surface area contributed by atoms with Crippen molar-refractivity contribution in [2.24, 2.45) is 40.9 Å². The van der Waals surface area contributed by atoms with Gasteiger partial charge in [0.1, 0.15) is 0 Å². The Hall–Kier alpha value is -0.920. The lowest BCUT2D eigenvalue weighted by atomic mass is 9.69. The first-order chi connectivity index (χ1) is 12.3. The fourth-order valence-electron chi connectivity index (χ4n) is 6.00. The summed E-state index contributed by atoms with van der Waals surface area (Å²) in [5.74, 6) is 4.01. The van der Waals surface area contributed by atoms with E-state index in [2.05, 4.69) is 40.7 Å². The zero-order chi connectivity index (χ0) is 19.1. The molecule has 6 unspecified atom stereocenters. The number of hydrogen-bond acceptors (Lipinski definition) is 2. The van der Waals surface area contributed by atoms with Crippen molar-refractivity contribution in [1.29, 1.82) is 10.8 Å². The van der Waals surface area contributed by atoms with E-state index >= 15 is 0 Å². The van der Waals surface area contributed by atoms with Crippen molar-refractivity contribution < 1.29 is 0 Å². The van der Waals surface area contributed by atoms with Gasteiger partial charge in [0.05, 0.1) is 5.41 Å². The lowest BCUT2D eigenvalue weighted by molar-refractivity contribution is 0.304. The molecular weight excluding hydrogens is 316 g/mol. The van der Waals surface area contributed by atoms with Gasteiger partial charge in [-0.05, 0) is 68.1 Å². The van der Waals surface area contributed by atoms with E-state index in [0.717, 1.165) is 48.4 Å². The molecule has 0 aromatic carbocycles. The van der Waals surface area contributed by atoms with Crippen LogP contribution in [0.2, 0.25) is 0 Å². The molecule has 0 aliphatic heterocycles. The van der Waals surface area contributed by atoms with Gasteiger partial charge in [-0.25, -0.2) is 0 Å². The summed E-state index contributed by atoms with van der Waals surface area (Å²) in [6, 6.07) is 0. The van der Waals surface area contributed by atoms with E-state index in [1.165, 1.54) is 37.7 Å². The lowest BCUT2D eigenvalue weighted by Crippen LogP contribution is -2.37. The third-order valence-corrected chi connectivity index (χ3v) is 7.60. The van der Waals surface area contributed by atoms with E-state index in [-0.39, 0.29) is 11.3 Å². The largest absolute Gasteiger partial charge is 0.309 e. The third-order valence-electron chi connectivity index (χ3n) is 7.60. The number of nitrogens with one attached hydrogen (secondary N) is 2. The van der Waals surface area contributed by atoms with Crippen molar-refractivity contribution in [2.45, 2.75) is 86.0 Å². The Morgan fingerprint density at radius 2 is 1.85 bits per heavy atom. The molecule has 2 fully saturated rings. The first kappa shape index (κ1) is 19.8. The topological polar surface area (TPSA) is 47.7 Å². The summed E-state index contributed by atoms with van der Waals surface area (Å²) in [5.41, 5.74) is 3.04. The minimum atomic E-state index is -0.182. The number of allylic oxidation sites excluding steroid dienone is 2. The van der Waals surface area contributed by atoms with Crippen LogP contribution in [-0.2, 0) is 0 Å². The Bertz CT molecular complexity index is 587. The standard InChI is InChI=1S/C24H40N2/c1-6-8-22(25)24(14-21(24)15(3)4)20(7-2)23(26)16(5)11-17-9-10-18-13-19(18)12-17/h14-20,25-26H,6-13H2,1-5H3. The molecule has 146 valence electrons. The molecule has 0 radical (unpaired) electrons. The maximum Gasteiger partial charge on any atom is 0.0554 e. The number of hydrogen-bond donors (Lipinski definition) is 2. The molecule has 0 heterocycles. The second-order valence-corrected chi connectivity index (χ2v) is 9.84. The molecule has 0 bridgehead atoms. The van der Waals surface area contributed by atoms with Gasteiger partial charge >= 0.3 is 0 Å². The monoisotopic (exact) mass is 356 g/mol. The zero-order valence-electron chi connectivity index (χ0n) is 17.7. The van der Waals surface area contributed by atoms with Gasteiger partial charge in [0, 0.05) is 17.3 Å². The Morgan fingerprint density at radius 1 is 1.12 bits per heavy atom. The Balaban J connectivity index is 1.68. The normalized spacial score (nSPS) is 34.7. The van der Waals surface area contributed by atoms with E-state index in [0.29, 0.717) is 11.8 Å².